The van der Waals surface area contributed by atoms with Gasteiger partial charge in [0.05, 0.1) is 32.8 Å². The molecule has 2 unspecified atom stereocenters. The topological polar surface area (TPSA) is 135 Å². The van der Waals surface area contributed by atoms with Crippen molar-refractivity contribution in [3.8, 4) is 11.5 Å². The van der Waals surface area contributed by atoms with Crippen molar-refractivity contribution < 1.29 is 33.7 Å². The lowest BCUT2D eigenvalue weighted by Gasteiger charge is -2.29. The number of aliphatic hydroxyl groups is 1. The second-order valence-electron chi connectivity index (χ2n) is 11.6. The Morgan fingerprint density at radius 2 is 1.54 bits per heavy atom. The molecule has 1 aromatic carbocycles. The van der Waals surface area contributed by atoms with Gasteiger partial charge in [0.1, 0.15) is 11.6 Å². The molecule has 0 heterocycles. The average Bonchev–Trinajstić information content (AvgIpc) is 2.81. The van der Waals surface area contributed by atoms with Crippen LogP contribution in [0.4, 0.5) is 4.79 Å². The molecule has 10 heteroatoms. The van der Waals surface area contributed by atoms with Crippen molar-refractivity contribution in [2.45, 2.75) is 97.9 Å². The Morgan fingerprint density at radius 3 is 2.08 bits per heavy atom. The Kier molecular flexibility index (Phi) is 14.1. The number of hydrogen-bond acceptors (Lipinski definition) is 7. The predicted molar refractivity (Wildman–Crippen MR) is 151 cm³/mol. The molecule has 0 spiro atoms. The minimum Gasteiger partial charge on any atom is -0.493 e. The highest BCUT2D eigenvalue weighted by Gasteiger charge is 2.30. The van der Waals surface area contributed by atoms with Gasteiger partial charge in [0.2, 0.25) is 11.8 Å². The molecule has 1 aromatic rings. The van der Waals surface area contributed by atoms with Gasteiger partial charge >= 0.3 is 6.09 Å². The molecule has 0 aliphatic heterocycles. The standard InChI is InChI=1S/C29H49N3O7/c1-18(2)14-21(31-27(35)22(15-19(3)4)32-28(36)39-29(5,6)7)23(33)17-26(34)30-13-12-20-10-11-24(37-8)25(16-20)38-9/h10-11,16,18-19,21-23,33H,12-15,17H2,1-9H3,(H,30,34)(H,31,35)(H,32,36)/t21?,22-,23?/m0/s1. The molecule has 3 atom stereocenters. The fourth-order valence-corrected chi connectivity index (χ4v) is 4.04. The third-order valence-electron chi connectivity index (χ3n) is 5.81. The van der Waals surface area contributed by atoms with E-state index in [1.54, 1.807) is 35.0 Å². The van der Waals surface area contributed by atoms with Gasteiger partial charge in [-0.3, -0.25) is 9.59 Å². The van der Waals surface area contributed by atoms with Gasteiger partial charge in [-0.05, 0) is 69.6 Å². The Balaban J connectivity index is 2.77. The molecule has 0 aliphatic rings. The second-order valence-corrected chi connectivity index (χ2v) is 11.6. The summed E-state index contributed by atoms with van der Waals surface area (Å²) in [5.74, 6) is 0.773. The van der Waals surface area contributed by atoms with Crippen LogP contribution in [0.2, 0.25) is 0 Å². The summed E-state index contributed by atoms with van der Waals surface area (Å²) in [6.07, 6.45) is -0.518. The number of amides is 3. The lowest BCUT2D eigenvalue weighted by atomic mass is 9.95. The molecule has 222 valence electrons. The lowest BCUT2D eigenvalue weighted by Crippen LogP contribution is -2.54. The van der Waals surface area contributed by atoms with Gasteiger partial charge in [0.15, 0.2) is 11.5 Å². The van der Waals surface area contributed by atoms with Crippen LogP contribution in [0.25, 0.3) is 0 Å². The van der Waals surface area contributed by atoms with Crippen molar-refractivity contribution in [1.82, 2.24) is 16.0 Å². The molecule has 0 aliphatic carbocycles. The Labute approximate surface area is 233 Å². The quantitative estimate of drug-likeness (QED) is 0.262. The second kappa shape index (κ2) is 16.2. The monoisotopic (exact) mass is 551 g/mol. The molecule has 39 heavy (non-hydrogen) atoms. The van der Waals surface area contributed by atoms with Gasteiger partial charge in [-0.2, -0.15) is 0 Å². The van der Waals surface area contributed by atoms with E-state index in [-0.39, 0.29) is 24.2 Å². The van der Waals surface area contributed by atoms with Crippen LogP contribution in [0, 0.1) is 11.8 Å². The number of alkyl carbamates (subject to hydrolysis) is 1. The zero-order chi connectivity index (χ0) is 29.8. The van der Waals surface area contributed by atoms with Crippen LogP contribution in [-0.4, -0.2) is 67.6 Å². The van der Waals surface area contributed by atoms with E-state index in [2.05, 4.69) is 16.0 Å². The van der Waals surface area contributed by atoms with Crippen molar-refractivity contribution in [3.63, 3.8) is 0 Å². The maximum absolute atomic E-state index is 13.2. The number of methoxy groups -OCH3 is 2. The number of carbonyl (C=O) groups is 3. The van der Waals surface area contributed by atoms with E-state index in [0.717, 1.165) is 5.56 Å². The lowest BCUT2D eigenvalue weighted by molar-refractivity contribution is -0.127. The summed E-state index contributed by atoms with van der Waals surface area (Å²) in [6, 6.07) is 4.06. The van der Waals surface area contributed by atoms with E-state index >= 15 is 0 Å². The molecule has 0 saturated carbocycles. The first kappa shape index (κ1) is 34.0. The maximum atomic E-state index is 13.2. The maximum Gasteiger partial charge on any atom is 0.408 e. The van der Waals surface area contributed by atoms with Crippen molar-refractivity contribution >= 4 is 17.9 Å². The number of hydrogen-bond donors (Lipinski definition) is 4. The molecular formula is C29H49N3O7. The molecular weight excluding hydrogens is 502 g/mol. The van der Waals surface area contributed by atoms with Gasteiger partial charge < -0.3 is 35.3 Å². The molecule has 0 bridgehead atoms. The van der Waals surface area contributed by atoms with Gasteiger partial charge in [-0.15, -0.1) is 0 Å². The molecule has 0 aromatic heterocycles. The number of benzene rings is 1. The van der Waals surface area contributed by atoms with E-state index < -0.39 is 35.8 Å². The molecule has 4 N–H and O–H groups in total. The molecule has 0 fully saturated rings. The molecule has 10 nitrogen and oxygen atoms in total. The first-order valence-corrected chi connectivity index (χ1v) is 13.6. The average molecular weight is 552 g/mol. The highest BCUT2D eigenvalue weighted by Crippen LogP contribution is 2.27. The summed E-state index contributed by atoms with van der Waals surface area (Å²) in [7, 11) is 3.13. The first-order valence-electron chi connectivity index (χ1n) is 13.6. The molecule has 0 saturated heterocycles. The van der Waals surface area contributed by atoms with Crippen molar-refractivity contribution in [2.75, 3.05) is 20.8 Å². The van der Waals surface area contributed by atoms with E-state index in [9.17, 15) is 19.5 Å². The molecule has 3 amide bonds. The Hall–Kier alpha value is -3.01. The normalized spacial score (nSPS) is 13.8. The fraction of sp³-hybridized carbons (Fsp3) is 0.690. The van der Waals surface area contributed by atoms with Crippen LogP contribution in [-0.2, 0) is 20.7 Å². The summed E-state index contributed by atoms with van der Waals surface area (Å²) in [6.45, 7) is 13.5. The third-order valence-corrected chi connectivity index (χ3v) is 5.81. The number of aliphatic hydroxyl groups excluding tert-OH is 1. The van der Waals surface area contributed by atoms with Crippen LogP contribution >= 0.6 is 0 Å². The Bertz CT molecular complexity index is 928. The van der Waals surface area contributed by atoms with Crippen LogP contribution < -0.4 is 25.4 Å². The summed E-state index contributed by atoms with van der Waals surface area (Å²) >= 11 is 0. The van der Waals surface area contributed by atoms with Crippen molar-refractivity contribution in [3.05, 3.63) is 23.8 Å². The fourth-order valence-electron chi connectivity index (χ4n) is 4.04. The smallest absolute Gasteiger partial charge is 0.408 e. The number of rotatable bonds is 15. The number of carbonyl (C=O) groups excluding carboxylic acids is 3. The van der Waals surface area contributed by atoms with Crippen LogP contribution in [0.5, 0.6) is 11.5 Å². The van der Waals surface area contributed by atoms with E-state index in [1.807, 2.05) is 45.9 Å². The minimum atomic E-state index is -1.10. The highest BCUT2D eigenvalue weighted by atomic mass is 16.6. The van der Waals surface area contributed by atoms with Crippen LogP contribution in [0.1, 0.15) is 73.3 Å². The summed E-state index contributed by atoms with van der Waals surface area (Å²) in [4.78, 5) is 38.1. The van der Waals surface area contributed by atoms with Gasteiger partial charge in [0, 0.05) is 6.54 Å². The van der Waals surface area contributed by atoms with E-state index in [1.165, 1.54) is 0 Å². The summed E-state index contributed by atoms with van der Waals surface area (Å²) < 4.78 is 15.9. The number of nitrogens with one attached hydrogen (secondary N) is 3. The molecule has 1 rings (SSSR count). The summed E-state index contributed by atoms with van der Waals surface area (Å²) in [5, 5.41) is 19.2. The highest BCUT2D eigenvalue weighted by molar-refractivity contribution is 5.86. The summed E-state index contributed by atoms with van der Waals surface area (Å²) in [5.41, 5.74) is 0.263. The third kappa shape index (κ3) is 13.6. The van der Waals surface area contributed by atoms with E-state index in [4.69, 9.17) is 14.2 Å². The zero-order valence-electron chi connectivity index (χ0n) is 25.1. The van der Waals surface area contributed by atoms with E-state index in [0.29, 0.717) is 37.3 Å². The Morgan fingerprint density at radius 1 is 0.923 bits per heavy atom. The SMILES string of the molecule is COc1ccc(CCNC(=O)CC(O)C(CC(C)C)NC(=O)[C@H](CC(C)C)NC(=O)OC(C)(C)C)cc1OC. The van der Waals surface area contributed by atoms with Crippen LogP contribution in [0.3, 0.4) is 0 Å². The minimum absolute atomic E-state index is 0.126. The zero-order valence-corrected chi connectivity index (χ0v) is 25.1. The largest absolute Gasteiger partial charge is 0.493 e. The molecule has 0 radical (unpaired) electrons. The van der Waals surface area contributed by atoms with Crippen LogP contribution in [0.15, 0.2) is 18.2 Å². The predicted octanol–water partition coefficient (Wildman–Crippen LogP) is 3.58. The van der Waals surface area contributed by atoms with Gasteiger partial charge in [-0.25, -0.2) is 4.79 Å². The number of ether oxygens (including phenoxy) is 3. The van der Waals surface area contributed by atoms with Crippen molar-refractivity contribution in [2.24, 2.45) is 11.8 Å². The first-order chi connectivity index (χ1) is 18.1. The van der Waals surface area contributed by atoms with Gasteiger partial charge in [0.25, 0.3) is 0 Å². The van der Waals surface area contributed by atoms with Gasteiger partial charge in [-0.1, -0.05) is 33.8 Å². The van der Waals surface area contributed by atoms with Crippen molar-refractivity contribution in [1.29, 1.82) is 0 Å².